The SMILES string of the molecule is CCn1c(=NC(=O)c2ccc(S(=O)(=O)N(C)c3ccccc3)cc2)sc2cc(F)cc(F)c21. The Bertz CT molecular complexity index is 1510. The smallest absolute Gasteiger partial charge is 0.279 e. The zero-order chi connectivity index (χ0) is 23.8. The summed E-state index contributed by atoms with van der Waals surface area (Å²) < 4.78 is 56.6. The van der Waals surface area contributed by atoms with Gasteiger partial charge >= 0.3 is 0 Å². The molecule has 4 aromatic rings. The summed E-state index contributed by atoms with van der Waals surface area (Å²) in [6, 6.07) is 16.0. The predicted molar refractivity (Wildman–Crippen MR) is 124 cm³/mol. The summed E-state index contributed by atoms with van der Waals surface area (Å²) in [5.41, 5.74) is 0.856. The molecule has 0 aliphatic carbocycles. The fourth-order valence-corrected chi connectivity index (χ4v) is 5.69. The highest BCUT2D eigenvalue weighted by Gasteiger charge is 2.21. The highest BCUT2D eigenvalue weighted by atomic mass is 32.2. The Morgan fingerprint density at radius 3 is 2.36 bits per heavy atom. The Balaban J connectivity index is 1.67. The Morgan fingerprint density at radius 2 is 1.73 bits per heavy atom. The van der Waals surface area contributed by atoms with E-state index >= 15 is 0 Å². The number of anilines is 1. The highest BCUT2D eigenvalue weighted by molar-refractivity contribution is 7.92. The molecule has 1 heterocycles. The number of hydrogen-bond donors (Lipinski definition) is 0. The second kappa shape index (κ2) is 8.87. The van der Waals surface area contributed by atoms with E-state index in [1.807, 2.05) is 0 Å². The second-order valence-electron chi connectivity index (χ2n) is 7.11. The molecule has 33 heavy (non-hydrogen) atoms. The first-order valence-electron chi connectivity index (χ1n) is 9.94. The van der Waals surface area contributed by atoms with E-state index < -0.39 is 27.6 Å². The zero-order valence-corrected chi connectivity index (χ0v) is 19.3. The van der Waals surface area contributed by atoms with Crippen LogP contribution in [0, 0.1) is 11.6 Å². The van der Waals surface area contributed by atoms with E-state index in [9.17, 15) is 22.0 Å². The maximum Gasteiger partial charge on any atom is 0.279 e. The van der Waals surface area contributed by atoms with Gasteiger partial charge in [-0.15, -0.1) is 0 Å². The van der Waals surface area contributed by atoms with E-state index in [2.05, 4.69) is 4.99 Å². The van der Waals surface area contributed by atoms with Gasteiger partial charge in [0.1, 0.15) is 5.82 Å². The zero-order valence-electron chi connectivity index (χ0n) is 17.7. The van der Waals surface area contributed by atoms with E-state index in [1.165, 1.54) is 41.9 Å². The Morgan fingerprint density at radius 1 is 1.06 bits per heavy atom. The van der Waals surface area contributed by atoms with Gasteiger partial charge in [0, 0.05) is 25.2 Å². The van der Waals surface area contributed by atoms with Gasteiger partial charge < -0.3 is 4.57 Å². The maximum atomic E-state index is 14.3. The van der Waals surface area contributed by atoms with Crippen LogP contribution in [0.2, 0.25) is 0 Å². The summed E-state index contributed by atoms with van der Waals surface area (Å²) in [6.45, 7) is 2.10. The highest BCUT2D eigenvalue weighted by Crippen LogP contribution is 2.23. The van der Waals surface area contributed by atoms with E-state index in [0.29, 0.717) is 16.9 Å². The number of aryl methyl sites for hydroxylation is 1. The van der Waals surface area contributed by atoms with Crippen molar-refractivity contribution in [3.63, 3.8) is 0 Å². The lowest BCUT2D eigenvalue weighted by molar-refractivity contribution is 0.0997. The van der Waals surface area contributed by atoms with E-state index in [-0.39, 0.29) is 20.8 Å². The van der Waals surface area contributed by atoms with Crippen molar-refractivity contribution in [1.29, 1.82) is 0 Å². The van der Waals surface area contributed by atoms with E-state index in [1.54, 1.807) is 37.3 Å². The number of carbonyl (C=O) groups is 1. The molecule has 0 N–H and O–H groups in total. The first-order chi connectivity index (χ1) is 15.7. The molecule has 10 heteroatoms. The number of benzene rings is 3. The summed E-state index contributed by atoms with van der Waals surface area (Å²) in [4.78, 5) is 17.0. The van der Waals surface area contributed by atoms with E-state index in [0.717, 1.165) is 21.7 Å². The average molecular weight is 488 g/mol. The minimum absolute atomic E-state index is 0.0217. The number of amides is 1. The topological polar surface area (TPSA) is 71.7 Å². The molecule has 0 atom stereocenters. The number of para-hydroxylation sites is 1. The maximum absolute atomic E-state index is 14.3. The molecule has 0 bridgehead atoms. The van der Waals surface area contributed by atoms with Crippen LogP contribution >= 0.6 is 11.3 Å². The average Bonchev–Trinajstić information content (AvgIpc) is 3.16. The molecule has 1 amide bonds. The van der Waals surface area contributed by atoms with Crippen LogP contribution in [0.3, 0.4) is 0 Å². The largest absolute Gasteiger partial charge is 0.314 e. The van der Waals surface area contributed by atoms with Gasteiger partial charge in [0.15, 0.2) is 10.6 Å². The molecular weight excluding hydrogens is 468 g/mol. The first kappa shape index (κ1) is 22.8. The van der Waals surface area contributed by atoms with Crippen LogP contribution in [0.4, 0.5) is 14.5 Å². The number of rotatable bonds is 5. The third-order valence-electron chi connectivity index (χ3n) is 5.09. The normalized spacial score (nSPS) is 12.3. The summed E-state index contributed by atoms with van der Waals surface area (Å²) in [5.74, 6) is -2.06. The molecule has 6 nitrogen and oxygen atoms in total. The number of nitrogens with zero attached hydrogens (tertiary/aromatic N) is 3. The number of sulfonamides is 1. The lowest BCUT2D eigenvalue weighted by atomic mass is 10.2. The van der Waals surface area contributed by atoms with Gasteiger partial charge in [-0.1, -0.05) is 29.5 Å². The van der Waals surface area contributed by atoms with Crippen LogP contribution in [0.5, 0.6) is 0 Å². The van der Waals surface area contributed by atoms with Gasteiger partial charge in [-0.2, -0.15) is 4.99 Å². The van der Waals surface area contributed by atoms with Crippen molar-refractivity contribution in [1.82, 2.24) is 4.57 Å². The van der Waals surface area contributed by atoms with Crippen molar-refractivity contribution in [2.24, 2.45) is 4.99 Å². The van der Waals surface area contributed by atoms with Gasteiger partial charge in [-0.25, -0.2) is 17.2 Å². The molecule has 0 fully saturated rings. The molecule has 4 rings (SSSR count). The van der Waals surface area contributed by atoms with Crippen LogP contribution in [-0.2, 0) is 16.6 Å². The van der Waals surface area contributed by atoms with Gasteiger partial charge in [-0.05, 0) is 49.4 Å². The molecule has 0 aliphatic rings. The van der Waals surface area contributed by atoms with E-state index in [4.69, 9.17) is 0 Å². The minimum Gasteiger partial charge on any atom is -0.314 e. The van der Waals surface area contributed by atoms with Gasteiger partial charge in [0.05, 0.1) is 20.8 Å². The Hall–Kier alpha value is -3.37. The quantitative estimate of drug-likeness (QED) is 0.414. The molecule has 0 radical (unpaired) electrons. The Labute approximate surface area is 193 Å². The van der Waals surface area contributed by atoms with Crippen LogP contribution in [0.15, 0.2) is 76.6 Å². The van der Waals surface area contributed by atoms with Gasteiger partial charge in [0.2, 0.25) is 0 Å². The molecule has 0 unspecified atom stereocenters. The van der Waals surface area contributed by atoms with Crippen molar-refractivity contribution in [2.75, 3.05) is 11.4 Å². The van der Waals surface area contributed by atoms with Crippen molar-refractivity contribution in [3.05, 3.63) is 88.7 Å². The third kappa shape index (κ3) is 4.31. The predicted octanol–water partition coefficient (Wildman–Crippen LogP) is 4.57. The molecule has 3 aromatic carbocycles. The second-order valence-corrected chi connectivity index (χ2v) is 10.1. The number of thiazole rings is 1. The van der Waals surface area contributed by atoms with Crippen LogP contribution in [0.1, 0.15) is 17.3 Å². The summed E-state index contributed by atoms with van der Waals surface area (Å²) in [6.07, 6.45) is 0. The molecule has 0 spiro atoms. The van der Waals surface area contributed by atoms with Crippen molar-refractivity contribution < 1.29 is 22.0 Å². The lowest BCUT2D eigenvalue weighted by Gasteiger charge is -2.19. The van der Waals surface area contributed by atoms with Crippen molar-refractivity contribution in [2.45, 2.75) is 18.4 Å². The molecule has 1 aromatic heterocycles. The van der Waals surface area contributed by atoms with Crippen molar-refractivity contribution in [3.8, 4) is 0 Å². The van der Waals surface area contributed by atoms with Gasteiger partial charge in [-0.3, -0.25) is 9.10 Å². The van der Waals surface area contributed by atoms with Crippen LogP contribution in [-0.4, -0.2) is 25.9 Å². The number of hydrogen-bond acceptors (Lipinski definition) is 4. The molecule has 0 aliphatic heterocycles. The fraction of sp³-hybridized carbons (Fsp3) is 0.130. The minimum atomic E-state index is -3.82. The lowest BCUT2D eigenvalue weighted by Crippen LogP contribution is -2.26. The summed E-state index contributed by atoms with van der Waals surface area (Å²) >= 11 is 1.00. The summed E-state index contributed by atoms with van der Waals surface area (Å²) in [5, 5.41) is 0. The van der Waals surface area contributed by atoms with Crippen molar-refractivity contribution >= 4 is 43.2 Å². The van der Waals surface area contributed by atoms with Crippen LogP contribution < -0.4 is 9.11 Å². The molecule has 0 saturated carbocycles. The molecule has 0 saturated heterocycles. The fourth-order valence-electron chi connectivity index (χ4n) is 3.36. The first-order valence-corrected chi connectivity index (χ1v) is 12.2. The number of aromatic nitrogens is 1. The van der Waals surface area contributed by atoms with Crippen LogP contribution in [0.25, 0.3) is 10.2 Å². The molecular formula is C23H19F2N3O3S2. The molecule has 170 valence electrons. The number of fused-ring (bicyclic) bond motifs is 1. The third-order valence-corrected chi connectivity index (χ3v) is 7.91. The monoisotopic (exact) mass is 487 g/mol. The Kier molecular flexibility index (Phi) is 6.13. The standard InChI is InChI=1S/C23H19F2N3O3S2/c1-3-28-21-19(25)13-16(24)14-20(21)32-23(28)26-22(29)15-9-11-18(12-10-15)33(30,31)27(2)17-7-5-4-6-8-17/h4-14H,3H2,1-2H3. The number of halogens is 2. The van der Waals surface area contributed by atoms with Gasteiger partial charge in [0.25, 0.3) is 15.9 Å². The summed E-state index contributed by atoms with van der Waals surface area (Å²) in [7, 11) is -2.37. The number of carbonyl (C=O) groups excluding carboxylic acids is 1.